The number of likely N-dealkylation sites (N-methyl/N-ethyl adjacent to an activating group) is 1. The molecule has 2 aromatic carbocycles. The molecular weight excluding hydrogens is 368 g/mol. The third kappa shape index (κ3) is 4.16. The normalized spacial score (nSPS) is 11.4. The minimum absolute atomic E-state index is 0.161. The van der Waals surface area contributed by atoms with Crippen molar-refractivity contribution < 1.29 is 13.2 Å². The fraction of sp³-hybridized carbons (Fsp3) is 0.133. The van der Waals surface area contributed by atoms with Crippen molar-refractivity contribution in [3.8, 4) is 0 Å². The van der Waals surface area contributed by atoms with Crippen LogP contribution < -0.4 is 5.32 Å². The number of anilines is 1. The number of benzene rings is 2. The topological polar surface area (TPSA) is 66.5 Å². The third-order valence-corrected chi connectivity index (χ3v) is 5.29. The summed E-state index contributed by atoms with van der Waals surface area (Å²) in [5.74, 6) is -0.399. The van der Waals surface area contributed by atoms with Crippen LogP contribution in [0.15, 0.2) is 64.0 Å². The molecule has 2 rings (SSSR count). The Morgan fingerprint density at radius 2 is 1.68 bits per heavy atom. The summed E-state index contributed by atoms with van der Waals surface area (Å²) in [5.41, 5.74) is 0.610. The van der Waals surface area contributed by atoms with Crippen LogP contribution in [-0.2, 0) is 14.8 Å². The Hall–Kier alpha value is -1.70. The lowest BCUT2D eigenvalue weighted by atomic mass is 10.3. The van der Waals surface area contributed by atoms with Crippen LogP contribution in [0.1, 0.15) is 0 Å². The van der Waals surface area contributed by atoms with E-state index in [1.807, 2.05) is 0 Å². The molecule has 0 atom stereocenters. The fourth-order valence-electron chi connectivity index (χ4n) is 1.79. The van der Waals surface area contributed by atoms with Crippen LogP contribution >= 0.6 is 15.9 Å². The summed E-state index contributed by atoms with van der Waals surface area (Å²) >= 11 is 3.30. The molecule has 0 bridgehead atoms. The lowest BCUT2D eigenvalue weighted by Crippen LogP contribution is -2.34. The van der Waals surface area contributed by atoms with Gasteiger partial charge in [0.25, 0.3) is 0 Å². The standard InChI is InChI=1S/C15H15BrN2O3S/c1-18(22(20,21)14-5-3-2-4-6-14)11-15(19)17-13-9-7-12(16)8-10-13/h2-10H,11H2,1H3,(H,17,19). The maximum absolute atomic E-state index is 12.3. The highest BCUT2D eigenvalue weighted by atomic mass is 79.9. The van der Waals surface area contributed by atoms with Crippen LogP contribution in [0.3, 0.4) is 0 Å². The number of nitrogens with one attached hydrogen (secondary N) is 1. The first-order chi connectivity index (χ1) is 10.4. The fourth-order valence-corrected chi connectivity index (χ4v) is 3.21. The number of carbonyl (C=O) groups is 1. The first-order valence-electron chi connectivity index (χ1n) is 6.46. The second-order valence-electron chi connectivity index (χ2n) is 4.63. The van der Waals surface area contributed by atoms with Crippen LogP contribution in [-0.4, -0.2) is 32.2 Å². The van der Waals surface area contributed by atoms with Crippen molar-refractivity contribution in [3.05, 3.63) is 59.1 Å². The SMILES string of the molecule is CN(CC(=O)Nc1ccc(Br)cc1)S(=O)(=O)c1ccccc1. The zero-order valence-corrected chi connectivity index (χ0v) is 14.3. The van der Waals surface area contributed by atoms with Crippen molar-refractivity contribution in [2.75, 3.05) is 18.9 Å². The van der Waals surface area contributed by atoms with E-state index in [-0.39, 0.29) is 11.4 Å². The van der Waals surface area contributed by atoms with E-state index in [0.29, 0.717) is 5.69 Å². The van der Waals surface area contributed by atoms with E-state index in [2.05, 4.69) is 21.2 Å². The van der Waals surface area contributed by atoms with E-state index in [1.54, 1.807) is 42.5 Å². The van der Waals surface area contributed by atoms with Crippen LogP contribution in [0, 0.1) is 0 Å². The largest absolute Gasteiger partial charge is 0.325 e. The highest BCUT2D eigenvalue weighted by Crippen LogP contribution is 2.15. The second-order valence-corrected chi connectivity index (χ2v) is 7.59. The van der Waals surface area contributed by atoms with Gasteiger partial charge in [-0.2, -0.15) is 4.31 Å². The summed E-state index contributed by atoms with van der Waals surface area (Å²) in [6.45, 7) is -0.257. The molecular formula is C15H15BrN2O3S. The number of carbonyl (C=O) groups excluding carboxylic acids is 1. The molecule has 0 spiro atoms. The molecule has 0 saturated carbocycles. The number of nitrogens with zero attached hydrogens (tertiary/aromatic N) is 1. The number of halogens is 1. The van der Waals surface area contributed by atoms with Crippen LogP contribution in [0.2, 0.25) is 0 Å². The monoisotopic (exact) mass is 382 g/mol. The summed E-state index contributed by atoms with van der Waals surface area (Å²) in [6.07, 6.45) is 0. The Morgan fingerprint density at radius 3 is 2.27 bits per heavy atom. The van der Waals surface area contributed by atoms with Crippen LogP contribution in [0.4, 0.5) is 5.69 Å². The van der Waals surface area contributed by atoms with Gasteiger partial charge < -0.3 is 5.32 Å². The minimum atomic E-state index is -3.67. The molecule has 0 fully saturated rings. The molecule has 22 heavy (non-hydrogen) atoms. The van der Waals surface area contributed by atoms with Gasteiger partial charge in [-0.25, -0.2) is 8.42 Å². The van der Waals surface area contributed by atoms with Gasteiger partial charge in [0.05, 0.1) is 11.4 Å². The summed E-state index contributed by atoms with van der Waals surface area (Å²) < 4.78 is 26.5. The van der Waals surface area contributed by atoms with Crippen LogP contribution in [0.5, 0.6) is 0 Å². The highest BCUT2D eigenvalue weighted by molar-refractivity contribution is 9.10. The molecule has 0 aliphatic carbocycles. The van der Waals surface area contributed by atoms with Crippen molar-refractivity contribution in [2.24, 2.45) is 0 Å². The third-order valence-electron chi connectivity index (χ3n) is 2.95. The van der Waals surface area contributed by atoms with Crippen molar-refractivity contribution in [1.29, 1.82) is 0 Å². The first-order valence-corrected chi connectivity index (χ1v) is 8.70. The van der Waals surface area contributed by atoms with Gasteiger partial charge in [-0.1, -0.05) is 34.1 Å². The zero-order valence-electron chi connectivity index (χ0n) is 11.9. The Balaban J connectivity index is 2.03. The summed E-state index contributed by atoms with van der Waals surface area (Å²) in [5, 5.41) is 2.66. The molecule has 7 heteroatoms. The Labute approximate surface area is 138 Å². The summed E-state index contributed by atoms with van der Waals surface area (Å²) in [4.78, 5) is 12.1. The van der Waals surface area contributed by atoms with Gasteiger partial charge in [0, 0.05) is 17.2 Å². The van der Waals surface area contributed by atoms with Gasteiger partial charge >= 0.3 is 0 Å². The molecule has 0 aromatic heterocycles. The molecule has 0 heterocycles. The second kappa shape index (κ2) is 7.04. The van der Waals surface area contributed by atoms with Crippen molar-refractivity contribution in [1.82, 2.24) is 4.31 Å². The van der Waals surface area contributed by atoms with E-state index in [9.17, 15) is 13.2 Å². The van der Waals surface area contributed by atoms with Gasteiger partial charge in [0.1, 0.15) is 0 Å². The van der Waals surface area contributed by atoms with Crippen LogP contribution in [0.25, 0.3) is 0 Å². The average Bonchev–Trinajstić information content (AvgIpc) is 2.50. The maximum Gasteiger partial charge on any atom is 0.243 e. The Kier molecular flexibility index (Phi) is 5.33. The zero-order chi connectivity index (χ0) is 16.2. The minimum Gasteiger partial charge on any atom is -0.325 e. The summed E-state index contributed by atoms with van der Waals surface area (Å²) in [7, 11) is -2.29. The number of hydrogen-bond acceptors (Lipinski definition) is 3. The van der Waals surface area contributed by atoms with Gasteiger partial charge in [0.2, 0.25) is 15.9 Å². The van der Waals surface area contributed by atoms with Crippen molar-refractivity contribution >= 4 is 37.5 Å². The number of amides is 1. The quantitative estimate of drug-likeness (QED) is 0.864. The predicted octanol–water partition coefficient (Wildman–Crippen LogP) is 2.71. The Morgan fingerprint density at radius 1 is 1.09 bits per heavy atom. The lowest BCUT2D eigenvalue weighted by molar-refractivity contribution is -0.116. The summed E-state index contributed by atoms with van der Waals surface area (Å²) in [6, 6.07) is 15.1. The molecule has 0 radical (unpaired) electrons. The molecule has 0 unspecified atom stereocenters. The van der Waals surface area contributed by atoms with Crippen molar-refractivity contribution in [3.63, 3.8) is 0 Å². The Bertz CT molecular complexity index is 746. The van der Waals surface area contributed by atoms with Gasteiger partial charge in [-0.15, -0.1) is 0 Å². The van der Waals surface area contributed by atoms with E-state index in [4.69, 9.17) is 0 Å². The number of sulfonamides is 1. The number of hydrogen-bond donors (Lipinski definition) is 1. The van der Waals surface area contributed by atoms with E-state index < -0.39 is 15.9 Å². The molecule has 0 aliphatic rings. The lowest BCUT2D eigenvalue weighted by Gasteiger charge is -2.16. The molecule has 116 valence electrons. The van der Waals surface area contributed by atoms with E-state index in [0.717, 1.165) is 8.78 Å². The predicted molar refractivity (Wildman–Crippen MR) is 89.0 cm³/mol. The van der Waals surface area contributed by atoms with E-state index >= 15 is 0 Å². The molecule has 1 N–H and O–H groups in total. The molecule has 1 amide bonds. The molecule has 5 nitrogen and oxygen atoms in total. The average molecular weight is 383 g/mol. The molecule has 2 aromatic rings. The molecule has 0 saturated heterocycles. The first kappa shape index (κ1) is 16.7. The van der Waals surface area contributed by atoms with Gasteiger partial charge in [-0.3, -0.25) is 4.79 Å². The molecule has 0 aliphatic heterocycles. The van der Waals surface area contributed by atoms with Gasteiger partial charge in [-0.05, 0) is 36.4 Å². The maximum atomic E-state index is 12.3. The van der Waals surface area contributed by atoms with Gasteiger partial charge in [0.15, 0.2) is 0 Å². The van der Waals surface area contributed by atoms with Crippen molar-refractivity contribution in [2.45, 2.75) is 4.90 Å². The number of rotatable bonds is 5. The highest BCUT2D eigenvalue weighted by Gasteiger charge is 2.22. The van der Waals surface area contributed by atoms with E-state index in [1.165, 1.54) is 19.2 Å². The smallest absolute Gasteiger partial charge is 0.243 e.